The maximum Gasteiger partial charge on any atom is 0.253 e. The number of aromatic nitrogens is 3. The first kappa shape index (κ1) is 16.6. The number of nitrogens with one attached hydrogen (secondary N) is 1. The Morgan fingerprint density at radius 1 is 1.08 bits per heavy atom. The number of benzene rings is 2. The summed E-state index contributed by atoms with van der Waals surface area (Å²) in [6.45, 7) is 0.500. The molecule has 1 aromatic heterocycles. The molecule has 3 rings (SSSR count). The predicted octanol–water partition coefficient (Wildman–Crippen LogP) is 1.45. The lowest BCUT2D eigenvalue weighted by molar-refractivity contribution is -0.121. The Morgan fingerprint density at radius 3 is 2.52 bits per heavy atom. The molecule has 0 atom stereocenters. The zero-order valence-electron chi connectivity index (χ0n) is 14.1. The van der Waals surface area contributed by atoms with E-state index < -0.39 is 0 Å². The highest BCUT2D eigenvalue weighted by Crippen LogP contribution is 2.09. The van der Waals surface area contributed by atoms with Gasteiger partial charge in [-0.25, -0.2) is 4.68 Å². The molecule has 0 unspecified atom stereocenters. The van der Waals surface area contributed by atoms with E-state index in [0.29, 0.717) is 12.1 Å². The SMILES string of the molecule is CN(C)C(=O)c1ccc(CNC(=O)Cn2nnc3ccccc32)cc1. The van der Waals surface area contributed by atoms with E-state index in [2.05, 4.69) is 15.6 Å². The molecule has 0 bridgehead atoms. The monoisotopic (exact) mass is 337 g/mol. The molecule has 7 heteroatoms. The Balaban J connectivity index is 1.58. The van der Waals surface area contributed by atoms with Gasteiger partial charge in [0.05, 0.1) is 5.52 Å². The summed E-state index contributed by atoms with van der Waals surface area (Å²) in [7, 11) is 3.43. The van der Waals surface area contributed by atoms with Gasteiger partial charge >= 0.3 is 0 Å². The van der Waals surface area contributed by atoms with Crippen molar-refractivity contribution in [3.05, 3.63) is 59.7 Å². The quantitative estimate of drug-likeness (QED) is 0.764. The van der Waals surface area contributed by atoms with Gasteiger partial charge in [-0.3, -0.25) is 9.59 Å². The van der Waals surface area contributed by atoms with Crippen LogP contribution >= 0.6 is 0 Å². The van der Waals surface area contributed by atoms with E-state index in [1.807, 2.05) is 36.4 Å². The lowest BCUT2D eigenvalue weighted by atomic mass is 10.1. The van der Waals surface area contributed by atoms with E-state index in [1.165, 1.54) is 4.90 Å². The number of nitrogens with zero attached hydrogens (tertiary/aromatic N) is 4. The Kier molecular flexibility index (Phi) is 4.74. The fourth-order valence-corrected chi connectivity index (χ4v) is 2.45. The van der Waals surface area contributed by atoms with Crippen molar-refractivity contribution in [3.63, 3.8) is 0 Å². The summed E-state index contributed by atoms with van der Waals surface area (Å²) in [5.41, 5.74) is 3.13. The molecule has 0 aliphatic heterocycles. The van der Waals surface area contributed by atoms with Gasteiger partial charge in [0.15, 0.2) is 0 Å². The normalized spacial score (nSPS) is 10.6. The largest absolute Gasteiger partial charge is 0.350 e. The molecule has 0 saturated heterocycles. The number of para-hydroxylation sites is 1. The molecule has 7 nitrogen and oxygen atoms in total. The van der Waals surface area contributed by atoms with Crippen molar-refractivity contribution in [1.29, 1.82) is 0 Å². The third kappa shape index (κ3) is 3.82. The third-order valence-electron chi connectivity index (χ3n) is 3.81. The molecule has 128 valence electrons. The second-order valence-electron chi connectivity index (χ2n) is 5.91. The van der Waals surface area contributed by atoms with Gasteiger partial charge in [-0.15, -0.1) is 5.10 Å². The van der Waals surface area contributed by atoms with E-state index >= 15 is 0 Å². The Bertz CT molecular complexity index is 899. The molecule has 0 aliphatic rings. The highest BCUT2D eigenvalue weighted by molar-refractivity contribution is 5.93. The molecule has 1 heterocycles. The smallest absolute Gasteiger partial charge is 0.253 e. The molecule has 0 saturated carbocycles. The van der Waals surface area contributed by atoms with Crippen LogP contribution in [0.2, 0.25) is 0 Å². The van der Waals surface area contributed by atoms with Crippen LogP contribution in [0.25, 0.3) is 11.0 Å². The lowest BCUT2D eigenvalue weighted by Crippen LogP contribution is -2.27. The number of carbonyl (C=O) groups excluding carboxylic acids is 2. The van der Waals surface area contributed by atoms with Crippen LogP contribution in [0.5, 0.6) is 0 Å². The van der Waals surface area contributed by atoms with Gasteiger partial charge in [0, 0.05) is 26.2 Å². The molecule has 0 radical (unpaired) electrons. The summed E-state index contributed by atoms with van der Waals surface area (Å²) in [6.07, 6.45) is 0. The fraction of sp³-hybridized carbons (Fsp3) is 0.222. The molecule has 0 spiro atoms. The summed E-state index contributed by atoms with van der Waals surface area (Å²) in [4.78, 5) is 25.5. The number of amides is 2. The molecule has 2 amide bonds. The molecule has 2 aromatic carbocycles. The summed E-state index contributed by atoms with van der Waals surface area (Å²) in [5, 5.41) is 10.9. The van der Waals surface area contributed by atoms with Crippen LogP contribution in [-0.4, -0.2) is 45.8 Å². The maximum absolute atomic E-state index is 12.1. The van der Waals surface area contributed by atoms with Gasteiger partial charge in [0.1, 0.15) is 12.1 Å². The number of hydrogen-bond acceptors (Lipinski definition) is 4. The van der Waals surface area contributed by atoms with Crippen LogP contribution in [-0.2, 0) is 17.9 Å². The van der Waals surface area contributed by atoms with Crippen molar-refractivity contribution in [2.75, 3.05) is 14.1 Å². The van der Waals surface area contributed by atoms with Crippen molar-refractivity contribution in [1.82, 2.24) is 25.2 Å². The van der Waals surface area contributed by atoms with Gasteiger partial charge < -0.3 is 10.2 Å². The lowest BCUT2D eigenvalue weighted by Gasteiger charge is -2.11. The average Bonchev–Trinajstić information content (AvgIpc) is 3.03. The van der Waals surface area contributed by atoms with Crippen molar-refractivity contribution >= 4 is 22.8 Å². The van der Waals surface area contributed by atoms with Crippen molar-refractivity contribution in [2.45, 2.75) is 13.1 Å². The Labute approximate surface area is 145 Å². The maximum atomic E-state index is 12.1. The second-order valence-corrected chi connectivity index (χ2v) is 5.91. The van der Waals surface area contributed by atoms with Gasteiger partial charge in [0.25, 0.3) is 5.91 Å². The minimum atomic E-state index is -0.149. The van der Waals surface area contributed by atoms with Gasteiger partial charge in [-0.1, -0.05) is 29.5 Å². The molecule has 3 aromatic rings. The first-order chi connectivity index (χ1) is 12.0. The minimum absolute atomic E-state index is 0.0476. The molecule has 1 N–H and O–H groups in total. The summed E-state index contributed by atoms with van der Waals surface area (Å²) in [5.74, 6) is -0.197. The number of rotatable bonds is 5. The number of fused-ring (bicyclic) bond motifs is 1. The molecular weight excluding hydrogens is 318 g/mol. The average molecular weight is 337 g/mol. The molecule has 0 fully saturated rings. The predicted molar refractivity (Wildman–Crippen MR) is 93.8 cm³/mol. The van der Waals surface area contributed by atoms with Crippen LogP contribution in [0.3, 0.4) is 0 Å². The highest BCUT2D eigenvalue weighted by atomic mass is 16.2. The Hall–Kier alpha value is -3.22. The number of hydrogen-bond donors (Lipinski definition) is 1. The van der Waals surface area contributed by atoms with Crippen molar-refractivity contribution < 1.29 is 9.59 Å². The van der Waals surface area contributed by atoms with Crippen molar-refractivity contribution in [3.8, 4) is 0 Å². The van der Waals surface area contributed by atoms with Crippen LogP contribution in [0.15, 0.2) is 48.5 Å². The van der Waals surface area contributed by atoms with E-state index in [-0.39, 0.29) is 18.4 Å². The summed E-state index contributed by atoms with van der Waals surface area (Å²) in [6, 6.07) is 14.7. The zero-order valence-corrected chi connectivity index (χ0v) is 14.1. The topological polar surface area (TPSA) is 80.1 Å². The van der Waals surface area contributed by atoms with Gasteiger partial charge in [0.2, 0.25) is 5.91 Å². The van der Waals surface area contributed by atoms with E-state index in [0.717, 1.165) is 16.6 Å². The first-order valence-electron chi connectivity index (χ1n) is 7.90. The molecular formula is C18H19N5O2. The van der Waals surface area contributed by atoms with Gasteiger partial charge in [-0.2, -0.15) is 0 Å². The molecule has 25 heavy (non-hydrogen) atoms. The van der Waals surface area contributed by atoms with Crippen LogP contribution in [0.4, 0.5) is 0 Å². The first-order valence-corrected chi connectivity index (χ1v) is 7.90. The minimum Gasteiger partial charge on any atom is -0.350 e. The van der Waals surface area contributed by atoms with Crippen LogP contribution < -0.4 is 5.32 Å². The summed E-state index contributed by atoms with van der Waals surface area (Å²) >= 11 is 0. The standard InChI is InChI=1S/C18H19N5O2/c1-22(2)18(25)14-9-7-13(8-10-14)11-19-17(24)12-23-16-6-4-3-5-15(16)20-21-23/h3-10H,11-12H2,1-2H3,(H,19,24). The van der Waals surface area contributed by atoms with E-state index in [4.69, 9.17) is 0 Å². The molecule has 0 aliphatic carbocycles. The van der Waals surface area contributed by atoms with Crippen LogP contribution in [0.1, 0.15) is 15.9 Å². The van der Waals surface area contributed by atoms with Crippen LogP contribution in [0, 0.1) is 0 Å². The Morgan fingerprint density at radius 2 is 1.80 bits per heavy atom. The third-order valence-corrected chi connectivity index (χ3v) is 3.81. The van der Waals surface area contributed by atoms with E-state index in [1.54, 1.807) is 30.9 Å². The number of carbonyl (C=O) groups is 2. The van der Waals surface area contributed by atoms with E-state index in [9.17, 15) is 9.59 Å². The van der Waals surface area contributed by atoms with Gasteiger partial charge in [-0.05, 0) is 29.8 Å². The highest BCUT2D eigenvalue weighted by Gasteiger charge is 2.09. The zero-order chi connectivity index (χ0) is 17.8. The fourth-order valence-electron chi connectivity index (χ4n) is 2.45. The summed E-state index contributed by atoms with van der Waals surface area (Å²) < 4.78 is 1.57. The van der Waals surface area contributed by atoms with Crippen molar-refractivity contribution in [2.24, 2.45) is 0 Å². The second kappa shape index (κ2) is 7.12.